The van der Waals surface area contributed by atoms with Gasteiger partial charge in [0, 0.05) is 6.04 Å². The molecule has 1 N–H and O–H groups in total. The van der Waals surface area contributed by atoms with E-state index in [1.165, 1.54) is 24.3 Å². The molecule has 1 fully saturated rings. The van der Waals surface area contributed by atoms with Crippen molar-refractivity contribution < 1.29 is 0 Å². The van der Waals surface area contributed by atoms with Crippen LogP contribution in [0.25, 0.3) is 0 Å². The summed E-state index contributed by atoms with van der Waals surface area (Å²) in [4.78, 5) is 0. The van der Waals surface area contributed by atoms with Gasteiger partial charge in [-0.2, -0.15) is 17.0 Å². The van der Waals surface area contributed by atoms with Gasteiger partial charge in [0.25, 0.3) is 0 Å². The lowest BCUT2D eigenvalue weighted by Gasteiger charge is -2.24. The first kappa shape index (κ1) is 11.9. The van der Waals surface area contributed by atoms with E-state index in [2.05, 4.69) is 11.4 Å². The minimum atomic E-state index is -0.170. The summed E-state index contributed by atoms with van der Waals surface area (Å²) >= 11 is 2.05. The molecule has 0 aromatic rings. The molecule has 1 aliphatic heterocycles. The van der Waals surface area contributed by atoms with Crippen molar-refractivity contribution in [2.45, 2.75) is 39.2 Å². The number of hydrogen-bond acceptors (Lipinski definition) is 3. The highest BCUT2D eigenvalue weighted by Crippen LogP contribution is 2.19. The molecule has 1 aliphatic rings. The first-order valence-corrected chi connectivity index (χ1v) is 6.52. The Bertz CT molecular complexity index is 202. The fraction of sp³-hybridized carbons (Fsp3) is 0.909. The van der Waals surface area contributed by atoms with E-state index < -0.39 is 0 Å². The summed E-state index contributed by atoms with van der Waals surface area (Å²) in [7, 11) is 0. The van der Waals surface area contributed by atoms with Crippen LogP contribution in [0.1, 0.15) is 33.1 Å². The maximum absolute atomic E-state index is 8.85. The zero-order chi connectivity index (χ0) is 10.4. The monoisotopic (exact) mass is 212 g/mol. The number of nitrogens with zero attached hydrogens (tertiary/aromatic N) is 1. The van der Waals surface area contributed by atoms with Crippen molar-refractivity contribution in [1.29, 1.82) is 5.26 Å². The smallest absolute Gasteiger partial charge is 0.0684 e. The molecule has 1 heterocycles. The Hall–Kier alpha value is -0.200. The van der Waals surface area contributed by atoms with Gasteiger partial charge in [-0.15, -0.1) is 0 Å². The average Bonchev–Trinajstić information content (AvgIpc) is 2.19. The number of hydrogen-bond donors (Lipinski definition) is 1. The van der Waals surface area contributed by atoms with Crippen molar-refractivity contribution in [3.8, 4) is 6.07 Å². The molecule has 0 amide bonds. The van der Waals surface area contributed by atoms with Gasteiger partial charge in [-0.1, -0.05) is 0 Å². The van der Waals surface area contributed by atoms with Crippen LogP contribution < -0.4 is 5.32 Å². The SMILES string of the molecule is CC(C)(C#N)CCNC1CCSCC1. The molecule has 0 aromatic heterocycles. The van der Waals surface area contributed by atoms with Crippen LogP contribution >= 0.6 is 11.8 Å². The topological polar surface area (TPSA) is 35.8 Å². The van der Waals surface area contributed by atoms with Crippen LogP contribution in [0.15, 0.2) is 0 Å². The Morgan fingerprint density at radius 1 is 1.43 bits per heavy atom. The maximum Gasteiger partial charge on any atom is 0.0684 e. The van der Waals surface area contributed by atoms with Crippen LogP contribution in [0.4, 0.5) is 0 Å². The van der Waals surface area contributed by atoms with Crippen LogP contribution in [0.5, 0.6) is 0 Å². The third-order valence-electron chi connectivity index (χ3n) is 2.71. The molecule has 0 atom stereocenters. The first-order valence-electron chi connectivity index (χ1n) is 5.36. The Kier molecular flexibility index (Phi) is 4.77. The number of nitrogens with one attached hydrogen (secondary N) is 1. The second-order valence-corrected chi connectivity index (χ2v) is 5.81. The second-order valence-electron chi connectivity index (χ2n) is 4.59. The maximum atomic E-state index is 8.85. The molecule has 2 nitrogen and oxygen atoms in total. The van der Waals surface area contributed by atoms with Crippen molar-refractivity contribution in [3.05, 3.63) is 0 Å². The highest BCUT2D eigenvalue weighted by Gasteiger charge is 2.18. The summed E-state index contributed by atoms with van der Waals surface area (Å²) < 4.78 is 0. The lowest BCUT2D eigenvalue weighted by atomic mass is 9.91. The van der Waals surface area contributed by atoms with Crippen molar-refractivity contribution in [3.63, 3.8) is 0 Å². The molecular formula is C11H20N2S. The highest BCUT2D eigenvalue weighted by molar-refractivity contribution is 7.99. The van der Waals surface area contributed by atoms with Crippen LogP contribution in [0.3, 0.4) is 0 Å². The fourth-order valence-corrected chi connectivity index (χ4v) is 2.65. The standard InChI is InChI=1S/C11H20N2S/c1-11(2,9-12)5-6-13-10-3-7-14-8-4-10/h10,13H,3-8H2,1-2H3. The van der Waals surface area contributed by atoms with E-state index in [1.807, 2.05) is 25.6 Å². The summed E-state index contributed by atoms with van der Waals surface area (Å²) in [5.74, 6) is 2.58. The van der Waals surface area contributed by atoms with Crippen molar-refractivity contribution in [2.24, 2.45) is 5.41 Å². The molecule has 0 bridgehead atoms. The van der Waals surface area contributed by atoms with Gasteiger partial charge in [0.1, 0.15) is 0 Å². The highest BCUT2D eigenvalue weighted by atomic mass is 32.2. The molecule has 0 aliphatic carbocycles. The third kappa shape index (κ3) is 4.34. The largest absolute Gasteiger partial charge is 0.314 e. The van der Waals surface area contributed by atoms with Crippen LogP contribution in [0, 0.1) is 16.7 Å². The fourth-order valence-electron chi connectivity index (χ4n) is 1.55. The minimum absolute atomic E-state index is 0.170. The van der Waals surface area contributed by atoms with Gasteiger partial charge in [-0.3, -0.25) is 0 Å². The molecule has 0 saturated carbocycles. The summed E-state index contributed by atoms with van der Waals surface area (Å²) in [6.45, 7) is 4.99. The molecular weight excluding hydrogens is 192 g/mol. The van der Waals surface area contributed by atoms with E-state index in [-0.39, 0.29) is 5.41 Å². The molecule has 0 radical (unpaired) electrons. The Morgan fingerprint density at radius 3 is 2.64 bits per heavy atom. The molecule has 1 rings (SSSR count). The zero-order valence-electron chi connectivity index (χ0n) is 9.18. The predicted molar refractivity (Wildman–Crippen MR) is 62.4 cm³/mol. The van der Waals surface area contributed by atoms with Gasteiger partial charge < -0.3 is 5.32 Å². The van der Waals surface area contributed by atoms with Gasteiger partial charge in [-0.05, 0) is 51.2 Å². The lowest BCUT2D eigenvalue weighted by Crippen LogP contribution is -2.34. The van der Waals surface area contributed by atoms with E-state index in [1.54, 1.807) is 0 Å². The Morgan fingerprint density at radius 2 is 2.07 bits per heavy atom. The van der Waals surface area contributed by atoms with Crippen molar-refractivity contribution in [1.82, 2.24) is 5.32 Å². The van der Waals surface area contributed by atoms with E-state index in [0.717, 1.165) is 13.0 Å². The van der Waals surface area contributed by atoms with E-state index in [4.69, 9.17) is 5.26 Å². The molecule has 14 heavy (non-hydrogen) atoms. The number of rotatable bonds is 4. The van der Waals surface area contributed by atoms with Crippen LogP contribution in [0.2, 0.25) is 0 Å². The molecule has 0 unspecified atom stereocenters. The number of nitriles is 1. The minimum Gasteiger partial charge on any atom is -0.314 e. The second kappa shape index (κ2) is 5.63. The normalized spacial score (nSPS) is 19.2. The van der Waals surface area contributed by atoms with E-state index >= 15 is 0 Å². The van der Waals surface area contributed by atoms with Crippen molar-refractivity contribution >= 4 is 11.8 Å². The van der Waals surface area contributed by atoms with Gasteiger partial charge in [0.2, 0.25) is 0 Å². The Balaban J connectivity index is 2.12. The quantitative estimate of drug-likeness (QED) is 0.777. The van der Waals surface area contributed by atoms with Gasteiger partial charge >= 0.3 is 0 Å². The van der Waals surface area contributed by atoms with E-state index in [0.29, 0.717) is 6.04 Å². The molecule has 0 aromatic carbocycles. The van der Waals surface area contributed by atoms with Gasteiger partial charge in [-0.25, -0.2) is 0 Å². The molecule has 80 valence electrons. The van der Waals surface area contributed by atoms with Gasteiger partial charge in [0.05, 0.1) is 11.5 Å². The van der Waals surface area contributed by atoms with Gasteiger partial charge in [0.15, 0.2) is 0 Å². The summed E-state index contributed by atoms with van der Waals surface area (Å²) in [6.07, 6.45) is 3.53. The molecule has 0 spiro atoms. The predicted octanol–water partition coefficient (Wildman–Crippen LogP) is 2.41. The van der Waals surface area contributed by atoms with Crippen molar-refractivity contribution in [2.75, 3.05) is 18.1 Å². The third-order valence-corrected chi connectivity index (χ3v) is 3.76. The zero-order valence-corrected chi connectivity index (χ0v) is 9.99. The van der Waals surface area contributed by atoms with Crippen LogP contribution in [-0.4, -0.2) is 24.1 Å². The van der Waals surface area contributed by atoms with Crippen LogP contribution in [-0.2, 0) is 0 Å². The average molecular weight is 212 g/mol. The molecule has 3 heteroatoms. The Labute approximate surface area is 91.4 Å². The summed E-state index contributed by atoms with van der Waals surface area (Å²) in [5, 5.41) is 12.4. The van der Waals surface area contributed by atoms with E-state index in [9.17, 15) is 0 Å². The lowest BCUT2D eigenvalue weighted by molar-refractivity contribution is 0.397. The summed E-state index contributed by atoms with van der Waals surface area (Å²) in [6, 6.07) is 3.03. The summed E-state index contributed by atoms with van der Waals surface area (Å²) in [5.41, 5.74) is -0.170. The molecule has 1 saturated heterocycles. The number of thioether (sulfide) groups is 1. The first-order chi connectivity index (χ1) is 6.64.